The number of ether oxygens (including phenoxy) is 2. The number of sulfonamides is 1. The van der Waals surface area contributed by atoms with Crippen LogP contribution in [0.5, 0.6) is 5.75 Å². The van der Waals surface area contributed by atoms with Crippen LogP contribution in [-0.4, -0.2) is 49.7 Å². The van der Waals surface area contributed by atoms with Gasteiger partial charge in [0.25, 0.3) is 0 Å². The van der Waals surface area contributed by atoms with E-state index in [0.29, 0.717) is 13.0 Å². The molecule has 1 N–H and O–H groups in total. The summed E-state index contributed by atoms with van der Waals surface area (Å²) < 4.78 is 35.4. The predicted octanol–water partition coefficient (Wildman–Crippen LogP) is 1.37. The second-order valence-electron chi connectivity index (χ2n) is 5.99. The van der Waals surface area contributed by atoms with Crippen LogP contribution in [0.2, 0.25) is 0 Å². The van der Waals surface area contributed by atoms with Gasteiger partial charge >= 0.3 is 6.09 Å². The first-order valence-electron chi connectivity index (χ1n) is 7.04. The third-order valence-electron chi connectivity index (χ3n) is 2.93. The Balaban J connectivity index is 2.22. The number of anilines is 2. The van der Waals surface area contributed by atoms with Crippen molar-refractivity contribution in [1.82, 2.24) is 10.2 Å². The molecular weight excluding hydrogens is 324 g/mol. The molecule has 9 nitrogen and oxygen atoms in total. The minimum Gasteiger partial charge on any atom is -0.493 e. The first-order chi connectivity index (χ1) is 10.6. The lowest BCUT2D eigenvalue weighted by atomic mass is 10.2. The number of nitrogens with one attached hydrogen (secondary N) is 1. The summed E-state index contributed by atoms with van der Waals surface area (Å²) in [7, 11) is -2.00. The van der Waals surface area contributed by atoms with E-state index in [4.69, 9.17) is 9.47 Å². The van der Waals surface area contributed by atoms with E-state index >= 15 is 0 Å². The first kappa shape index (κ1) is 17.3. The molecular formula is C13H20N4O5S. The monoisotopic (exact) mass is 344 g/mol. The molecule has 2 heterocycles. The van der Waals surface area contributed by atoms with Gasteiger partial charge < -0.3 is 9.47 Å². The number of aromatic nitrogens is 2. The molecule has 10 heteroatoms. The quantitative estimate of drug-likeness (QED) is 0.881. The molecule has 0 spiro atoms. The van der Waals surface area contributed by atoms with Gasteiger partial charge in [0.1, 0.15) is 5.60 Å². The molecule has 1 saturated heterocycles. The summed E-state index contributed by atoms with van der Waals surface area (Å²) >= 11 is 0. The van der Waals surface area contributed by atoms with Gasteiger partial charge in [-0.2, -0.15) is 0 Å². The van der Waals surface area contributed by atoms with Gasteiger partial charge in [0.2, 0.25) is 15.8 Å². The normalized spacial score (nSPS) is 17.0. The molecule has 0 radical (unpaired) electrons. The highest BCUT2D eigenvalue weighted by Gasteiger charge is 2.32. The van der Waals surface area contributed by atoms with Gasteiger partial charge in [-0.05, 0) is 27.2 Å². The summed E-state index contributed by atoms with van der Waals surface area (Å²) in [5, 5.41) is 10.1. The highest BCUT2D eigenvalue weighted by molar-refractivity contribution is 7.93. The van der Waals surface area contributed by atoms with Crippen LogP contribution in [0, 0.1) is 0 Å². The minimum absolute atomic E-state index is 0.0652. The lowest BCUT2D eigenvalue weighted by Crippen LogP contribution is -2.28. The van der Waals surface area contributed by atoms with Crippen molar-refractivity contribution >= 4 is 27.8 Å². The molecule has 23 heavy (non-hydrogen) atoms. The van der Waals surface area contributed by atoms with Gasteiger partial charge in [-0.1, -0.05) is 0 Å². The van der Waals surface area contributed by atoms with Gasteiger partial charge in [-0.15, -0.1) is 10.2 Å². The van der Waals surface area contributed by atoms with Crippen LogP contribution >= 0.6 is 0 Å². The summed E-state index contributed by atoms with van der Waals surface area (Å²) in [6.07, 6.45) is -0.166. The van der Waals surface area contributed by atoms with E-state index in [1.807, 2.05) is 0 Å². The fraction of sp³-hybridized carbons (Fsp3) is 0.615. The maximum absolute atomic E-state index is 12.0. The third kappa shape index (κ3) is 4.21. The average molecular weight is 344 g/mol. The van der Waals surface area contributed by atoms with Crippen molar-refractivity contribution in [3.8, 4) is 5.75 Å². The lowest BCUT2D eigenvalue weighted by molar-refractivity contribution is 0.0635. The number of rotatable bonds is 3. The van der Waals surface area contributed by atoms with Crippen LogP contribution in [0.25, 0.3) is 0 Å². The van der Waals surface area contributed by atoms with Crippen molar-refractivity contribution in [2.24, 2.45) is 0 Å². The van der Waals surface area contributed by atoms with Crippen LogP contribution in [0.15, 0.2) is 6.07 Å². The van der Waals surface area contributed by atoms with E-state index in [-0.39, 0.29) is 23.1 Å². The number of carbonyl (C=O) groups excluding carboxylic acids is 1. The van der Waals surface area contributed by atoms with E-state index in [1.54, 1.807) is 20.8 Å². The Morgan fingerprint density at radius 1 is 1.35 bits per heavy atom. The summed E-state index contributed by atoms with van der Waals surface area (Å²) in [5.41, 5.74) is -0.648. The molecule has 2 rings (SSSR count). The molecule has 0 unspecified atom stereocenters. The third-order valence-corrected chi connectivity index (χ3v) is 4.76. The van der Waals surface area contributed by atoms with Crippen LogP contribution in [0.3, 0.4) is 0 Å². The van der Waals surface area contributed by atoms with Gasteiger partial charge in [-0.3, -0.25) is 5.32 Å². The predicted molar refractivity (Wildman–Crippen MR) is 84.2 cm³/mol. The molecule has 1 aliphatic heterocycles. The number of carbonyl (C=O) groups is 1. The Morgan fingerprint density at radius 2 is 2.04 bits per heavy atom. The smallest absolute Gasteiger partial charge is 0.413 e. The van der Waals surface area contributed by atoms with Crippen molar-refractivity contribution < 1.29 is 22.7 Å². The highest BCUT2D eigenvalue weighted by atomic mass is 32.2. The molecule has 1 aromatic rings. The number of nitrogens with zero attached hydrogens (tertiary/aromatic N) is 3. The van der Waals surface area contributed by atoms with Crippen molar-refractivity contribution in [1.29, 1.82) is 0 Å². The molecule has 1 aromatic heterocycles. The SMILES string of the molecule is COc1cc(NC(=O)OC(C)(C)C)nnc1N1CCCS1(=O)=O. The standard InChI is InChI=1S/C13H20N4O5S/c1-13(2,3)22-12(18)14-10-8-9(21-4)11(16-15-10)17-6-5-7-23(17,19)20/h8H,5-7H2,1-4H3,(H,14,15,18). The molecule has 0 aromatic carbocycles. The van der Waals surface area contributed by atoms with Gasteiger partial charge in [0.05, 0.1) is 12.9 Å². The van der Waals surface area contributed by atoms with Crippen LogP contribution in [-0.2, 0) is 14.8 Å². The minimum atomic E-state index is -3.39. The van der Waals surface area contributed by atoms with E-state index in [2.05, 4.69) is 15.5 Å². The summed E-state index contributed by atoms with van der Waals surface area (Å²) in [5.74, 6) is 0.489. The van der Waals surface area contributed by atoms with Crippen LogP contribution in [0.4, 0.5) is 16.4 Å². The van der Waals surface area contributed by atoms with Crippen LogP contribution < -0.4 is 14.4 Å². The Bertz CT molecular complexity index is 699. The Hall–Kier alpha value is -2.10. The number of methoxy groups -OCH3 is 1. The Labute approximate surface area is 135 Å². The molecule has 0 aliphatic carbocycles. The first-order valence-corrected chi connectivity index (χ1v) is 8.65. The van der Waals surface area contributed by atoms with Gasteiger partial charge in [-0.25, -0.2) is 17.5 Å². The number of hydrogen-bond acceptors (Lipinski definition) is 7. The molecule has 0 saturated carbocycles. The molecule has 1 amide bonds. The topological polar surface area (TPSA) is 111 Å². The molecule has 1 fully saturated rings. The second kappa shape index (κ2) is 6.19. The number of hydrogen-bond donors (Lipinski definition) is 1. The summed E-state index contributed by atoms with van der Waals surface area (Å²) in [6, 6.07) is 1.40. The second-order valence-corrected chi connectivity index (χ2v) is 8.00. The molecule has 1 aliphatic rings. The zero-order valence-corrected chi connectivity index (χ0v) is 14.3. The zero-order valence-electron chi connectivity index (χ0n) is 13.5. The summed E-state index contributed by atoms with van der Waals surface area (Å²) in [4.78, 5) is 11.7. The molecule has 0 bridgehead atoms. The molecule has 128 valence electrons. The summed E-state index contributed by atoms with van der Waals surface area (Å²) in [6.45, 7) is 5.53. The van der Waals surface area contributed by atoms with E-state index in [0.717, 1.165) is 4.31 Å². The maximum atomic E-state index is 12.0. The molecule has 0 atom stereocenters. The fourth-order valence-electron chi connectivity index (χ4n) is 2.04. The zero-order chi connectivity index (χ0) is 17.3. The lowest BCUT2D eigenvalue weighted by Gasteiger charge is -2.20. The maximum Gasteiger partial charge on any atom is 0.413 e. The van der Waals surface area contributed by atoms with Gasteiger partial charge in [0.15, 0.2) is 11.6 Å². The van der Waals surface area contributed by atoms with Crippen molar-refractivity contribution in [3.05, 3.63) is 6.07 Å². The van der Waals surface area contributed by atoms with E-state index in [1.165, 1.54) is 13.2 Å². The van der Waals surface area contributed by atoms with E-state index in [9.17, 15) is 13.2 Å². The highest BCUT2D eigenvalue weighted by Crippen LogP contribution is 2.31. The van der Waals surface area contributed by atoms with Gasteiger partial charge in [0, 0.05) is 12.6 Å². The van der Waals surface area contributed by atoms with Crippen molar-refractivity contribution in [2.45, 2.75) is 32.8 Å². The average Bonchev–Trinajstić information content (AvgIpc) is 2.76. The van der Waals surface area contributed by atoms with Crippen molar-refractivity contribution in [3.63, 3.8) is 0 Å². The Morgan fingerprint density at radius 3 is 2.57 bits per heavy atom. The number of amides is 1. The Kier molecular flexibility index (Phi) is 4.64. The van der Waals surface area contributed by atoms with E-state index < -0.39 is 21.7 Å². The largest absolute Gasteiger partial charge is 0.493 e. The van der Waals surface area contributed by atoms with Crippen molar-refractivity contribution in [2.75, 3.05) is 29.0 Å². The van der Waals surface area contributed by atoms with Crippen LogP contribution in [0.1, 0.15) is 27.2 Å². The fourth-order valence-corrected chi connectivity index (χ4v) is 3.55.